The molecule has 0 bridgehead atoms. The summed E-state index contributed by atoms with van der Waals surface area (Å²) in [5, 5.41) is 17.8. The first-order valence-corrected chi connectivity index (χ1v) is 10.0. The van der Waals surface area contributed by atoms with Gasteiger partial charge in [-0.3, -0.25) is 5.10 Å². The lowest BCUT2D eigenvalue weighted by molar-refractivity contribution is 0.282. The molecule has 0 fully saturated rings. The monoisotopic (exact) mass is 395 g/mol. The second kappa shape index (κ2) is 13.4. The largest absolute Gasteiger partial charge is 0.398 e. The summed E-state index contributed by atoms with van der Waals surface area (Å²) in [5.41, 5.74) is 10.5. The van der Waals surface area contributed by atoms with Gasteiger partial charge in [-0.25, -0.2) is 0 Å². The minimum absolute atomic E-state index is 0.00272. The van der Waals surface area contributed by atoms with Crippen molar-refractivity contribution in [3.05, 3.63) is 89.1 Å². The molecule has 4 N–H and O–H groups in total. The van der Waals surface area contributed by atoms with Crippen LogP contribution < -0.4 is 5.73 Å². The van der Waals surface area contributed by atoms with Crippen molar-refractivity contribution in [1.29, 1.82) is 0 Å². The Morgan fingerprint density at radius 1 is 1.14 bits per heavy atom. The molecular formula is C23H29N3OS. The molecule has 5 heteroatoms. The van der Waals surface area contributed by atoms with Crippen molar-refractivity contribution in [1.82, 2.24) is 10.2 Å². The normalized spacial score (nSPS) is 9.86. The van der Waals surface area contributed by atoms with Gasteiger partial charge in [0.05, 0.1) is 23.4 Å². The van der Waals surface area contributed by atoms with E-state index in [1.54, 1.807) is 17.7 Å². The molecule has 0 saturated carbocycles. The lowest BCUT2D eigenvalue weighted by atomic mass is 10.1. The Balaban J connectivity index is 0.000000363. The summed E-state index contributed by atoms with van der Waals surface area (Å²) in [6.07, 6.45) is 5.56. The zero-order valence-corrected chi connectivity index (χ0v) is 17.5. The number of H-pyrrole nitrogens is 1. The molecule has 0 spiro atoms. The van der Waals surface area contributed by atoms with Gasteiger partial charge in [0, 0.05) is 5.69 Å². The van der Waals surface area contributed by atoms with Crippen LogP contribution in [-0.2, 0) is 6.61 Å². The average molecular weight is 396 g/mol. The highest BCUT2D eigenvalue weighted by molar-refractivity contribution is 8.02. The van der Waals surface area contributed by atoms with Gasteiger partial charge in [0.1, 0.15) is 0 Å². The standard InChI is InChI=1S/C14H15N3OS.C7H8.C2H6/c1-2-19-14-8-16-17-13(14)6-4-11-7-10(9-18)3-5-12(11)15;1-7-5-3-2-4-6-7;1-2/h2-8,18H,1,9,15H2,(H,16,17);2-6H,1H3;1-2H3/b6-4+;;. The van der Waals surface area contributed by atoms with Crippen LogP contribution in [0.4, 0.5) is 5.69 Å². The highest BCUT2D eigenvalue weighted by Crippen LogP contribution is 2.24. The van der Waals surface area contributed by atoms with Crippen molar-refractivity contribution < 1.29 is 5.11 Å². The lowest BCUT2D eigenvalue weighted by Crippen LogP contribution is -1.92. The predicted molar refractivity (Wildman–Crippen MR) is 123 cm³/mol. The van der Waals surface area contributed by atoms with E-state index in [4.69, 9.17) is 10.8 Å². The number of aliphatic hydroxyl groups is 1. The number of aliphatic hydroxyl groups excluding tert-OH is 1. The van der Waals surface area contributed by atoms with Crippen LogP contribution in [0.5, 0.6) is 0 Å². The van der Waals surface area contributed by atoms with Gasteiger partial charge in [-0.15, -0.1) is 0 Å². The number of aryl methyl sites for hydroxylation is 1. The smallest absolute Gasteiger partial charge is 0.0717 e. The summed E-state index contributed by atoms with van der Waals surface area (Å²) < 4.78 is 0. The van der Waals surface area contributed by atoms with Crippen LogP contribution in [0.1, 0.15) is 36.2 Å². The van der Waals surface area contributed by atoms with Crippen LogP contribution in [0.25, 0.3) is 12.2 Å². The van der Waals surface area contributed by atoms with Gasteiger partial charge in [0.15, 0.2) is 0 Å². The van der Waals surface area contributed by atoms with Crippen molar-refractivity contribution in [2.75, 3.05) is 5.73 Å². The number of nitrogens with two attached hydrogens (primary N) is 1. The van der Waals surface area contributed by atoms with Crippen molar-refractivity contribution >= 4 is 29.6 Å². The highest BCUT2D eigenvalue weighted by atomic mass is 32.2. The first kappa shape index (κ1) is 23.3. The summed E-state index contributed by atoms with van der Waals surface area (Å²) in [6, 6.07) is 15.7. The summed E-state index contributed by atoms with van der Waals surface area (Å²) in [6.45, 7) is 9.77. The van der Waals surface area contributed by atoms with Crippen LogP contribution in [0.15, 0.2) is 71.6 Å². The minimum Gasteiger partial charge on any atom is -0.398 e. The van der Waals surface area contributed by atoms with E-state index in [-0.39, 0.29) is 6.61 Å². The number of hydrogen-bond donors (Lipinski definition) is 3. The van der Waals surface area contributed by atoms with Crippen LogP contribution in [0, 0.1) is 6.92 Å². The van der Waals surface area contributed by atoms with Gasteiger partial charge < -0.3 is 10.8 Å². The maximum Gasteiger partial charge on any atom is 0.0717 e. The summed E-state index contributed by atoms with van der Waals surface area (Å²) in [7, 11) is 0. The molecule has 0 saturated heterocycles. The second-order valence-electron chi connectivity index (χ2n) is 5.54. The molecule has 0 amide bonds. The van der Waals surface area contributed by atoms with Crippen molar-refractivity contribution in [3.63, 3.8) is 0 Å². The van der Waals surface area contributed by atoms with E-state index >= 15 is 0 Å². The Labute approximate surface area is 172 Å². The molecule has 1 aromatic heterocycles. The molecule has 3 rings (SSSR count). The number of nitrogens with zero attached hydrogens (tertiary/aromatic N) is 1. The van der Waals surface area contributed by atoms with E-state index in [2.05, 4.69) is 35.8 Å². The molecule has 28 heavy (non-hydrogen) atoms. The van der Waals surface area contributed by atoms with Crippen LogP contribution in [-0.4, -0.2) is 15.3 Å². The first-order valence-electron chi connectivity index (χ1n) is 9.14. The third-order valence-corrected chi connectivity index (χ3v) is 4.29. The van der Waals surface area contributed by atoms with E-state index in [1.165, 1.54) is 17.3 Å². The number of hydrogen-bond acceptors (Lipinski definition) is 4. The molecule has 0 atom stereocenters. The quantitative estimate of drug-likeness (QED) is 0.371. The van der Waals surface area contributed by atoms with Crippen molar-refractivity contribution in [2.45, 2.75) is 32.3 Å². The number of aromatic nitrogens is 2. The Hall–Kier alpha value is -2.76. The van der Waals surface area contributed by atoms with Crippen molar-refractivity contribution in [3.8, 4) is 0 Å². The topological polar surface area (TPSA) is 74.9 Å². The Bertz CT molecular complexity index is 857. The first-order chi connectivity index (χ1) is 13.6. The Morgan fingerprint density at radius 3 is 2.43 bits per heavy atom. The number of benzene rings is 2. The molecule has 0 aliphatic rings. The van der Waals surface area contributed by atoms with E-state index in [9.17, 15) is 0 Å². The van der Waals surface area contributed by atoms with E-state index in [0.29, 0.717) is 5.69 Å². The maximum absolute atomic E-state index is 9.12. The predicted octanol–water partition coefficient (Wildman–Crippen LogP) is 5.91. The average Bonchev–Trinajstić information content (AvgIpc) is 3.17. The number of rotatable bonds is 5. The molecule has 1 heterocycles. The summed E-state index contributed by atoms with van der Waals surface area (Å²) in [4.78, 5) is 1.00. The fourth-order valence-electron chi connectivity index (χ4n) is 2.16. The van der Waals surface area contributed by atoms with E-state index in [0.717, 1.165) is 21.7 Å². The number of nitrogen functional groups attached to an aromatic ring is 1. The summed E-state index contributed by atoms with van der Waals surface area (Å²) >= 11 is 1.50. The van der Waals surface area contributed by atoms with Gasteiger partial charge in [-0.05, 0) is 41.7 Å². The van der Waals surface area contributed by atoms with Gasteiger partial charge >= 0.3 is 0 Å². The second-order valence-corrected chi connectivity index (χ2v) is 6.55. The van der Waals surface area contributed by atoms with Crippen LogP contribution in [0.3, 0.4) is 0 Å². The molecule has 0 aliphatic carbocycles. The molecular weight excluding hydrogens is 366 g/mol. The third kappa shape index (κ3) is 7.86. The molecule has 0 radical (unpaired) electrons. The Kier molecular flexibility index (Phi) is 11.2. The van der Waals surface area contributed by atoms with Crippen LogP contribution >= 0.6 is 11.8 Å². The number of anilines is 1. The molecule has 2 aromatic carbocycles. The highest BCUT2D eigenvalue weighted by Gasteiger charge is 2.02. The lowest BCUT2D eigenvalue weighted by Gasteiger charge is -2.03. The Morgan fingerprint density at radius 2 is 1.86 bits per heavy atom. The van der Waals surface area contributed by atoms with E-state index < -0.39 is 0 Å². The van der Waals surface area contributed by atoms with Crippen LogP contribution in [0.2, 0.25) is 0 Å². The third-order valence-electron chi connectivity index (χ3n) is 3.55. The zero-order valence-electron chi connectivity index (χ0n) is 16.7. The molecule has 0 aliphatic heterocycles. The number of nitrogens with one attached hydrogen (secondary N) is 1. The number of thioether (sulfide) groups is 1. The molecule has 4 nitrogen and oxygen atoms in total. The SMILES string of the molecule is C=CSc1cn[nH]c1/C=C/c1cc(CO)ccc1N.CC.Cc1ccccc1. The fourth-order valence-corrected chi connectivity index (χ4v) is 2.70. The van der Waals surface area contributed by atoms with Gasteiger partial charge in [-0.1, -0.05) is 80.2 Å². The van der Waals surface area contributed by atoms with Crippen molar-refractivity contribution in [2.24, 2.45) is 0 Å². The maximum atomic E-state index is 9.12. The van der Waals surface area contributed by atoms with Gasteiger partial charge in [-0.2, -0.15) is 5.10 Å². The fraction of sp³-hybridized carbons (Fsp3) is 0.174. The van der Waals surface area contributed by atoms with Gasteiger partial charge in [0.25, 0.3) is 0 Å². The minimum atomic E-state index is 0.00272. The molecule has 0 unspecified atom stereocenters. The van der Waals surface area contributed by atoms with Gasteiger partial charge in [0.2, 0.25) is 0 Å². The van der Waals surface area contributed by atoms with E-state index in [1.807, 2.05) is 56.3 Å². The number of aromatic amines is 1. The molecule has 148 valence electrons. The zero-order chi connectivity index (χ0) is 20.8. The molecule has 3 aromatic rings. The summed E-state index contributed by atoms with van der Waals surface area (Å²) in [5.74, 6) is 0.